The van der Waals surface area contributed by atoms with Gasteiger partial charge in [0.25, 0.3) is 0 Å². The molecular formula is C14H23NO2. The zero-order valence-corrected chi connectivity index (χ0v) is 11.0. The zero-order chi connectivity index (χ0) is 12.7. The van der Waals surface area contributed by atoms with E-state index in [4.69, 9.17) is 4.74 Å². The molecule has 1 aromatic carbocycles. The van der Waals surface area contributed by atoms with Crippen molar-refractivity contribution in [2.75, 3.05) is 31.7 Å². The highest BCUT2D eigenvalue weighted by molar-refractivity contribution is 5.47. The van der Waals surface area contributed by atoms with Crippen LogP contribution in [0.4, 0.5) is 5.69 Å². The van der Waals surface area contributed by atoms with Crippen LogP contribution in [0.25, 0.3) is 0 Å². The van der Waals surface area contributed by atoms with Crippen LogP contribution in [-0.4, -0.2) is 31.9 Å². The van der Waals surface area contributed by atoms with Crippen molar-refractivity contribution in [3.63, 3.8) is 0 Å². The van der Waals surface area contributed by atoms with Crippen molar-refractivity contribution in [3.8, 4) is 0 Å². The molecule has 0 aliphatic rings. The van der Waals surface area contributed by atoms with Crippen LogP contribution in [-0.2, 0) is 4.74 Å². The first-order chi connectivity index (χ1) is 8.19. The SMILES string of the molecule is CCOCCN(C)c1ccc([C@H](O)CC)cc1. The molecule has 0 amide bonds. The van der Waals surface area contributed by atoms with Crippen LogP contribution in [0.5, 0.6) is 0 Å². The molecule has 0 aliphatic heterocycles. The van der Waals surface area contributed by atoms with Crippen molar-refractivity contribution in [1.29, 1.82) is 0 Å². The van der Waals surface area contributed by atoms with Gasteiger partial charge in [0.1, 0.15) is 0 Å². The molecular weight excluding hydrogens is 214 g/mol. The maximum absolute atomic E-state index is 9.70. The fraction of sp³-hybridized carbons (Fsp3) is 0.571. The van der Waals surface area contributed by atoms with Gasteiger partial charge in [0.15, 0.2) is 0 Å². The van der Waals surface area contributed by atoms with Crippen LogP contribution in [0, 0.1) is 0 Å². The number of anilines is 1. The number of aliphatic hydroxyl groups is 1. The van der Waals surface area contributed by atoms with Gasteiger partial charge in [-0.25, -0.2) is 0 Å². The quantitative estimate of drug-likeness (QED) is 0.740. The lowest BCUT2D eigenvalue weighted by Gasteiger charge is -2.20. The standard InChI is InChI=1S/C14H23NO2/c1-4-14(16)12-6-8-13(9-7-12)15(3)10-11-17-5-2/h6-9,14,16H,4-5,10-11H2,1-3H3/t14-/m1/s1. The van der Waals surface area contributed by atoms with E-state index in [0.29, 0.717) is 0 Å². The summed E-state index contributed by atoms with van der Waals surface area (Å²) in [5.41, 5.74) is 2.13. The summed E-state index contributed by atoms with van der Waals surface area (Å²) < 4.78 is 5.32. The predicted molar refractivity (Wildman–Crippen MR) is 71.5 cm³/mol. The second kappa shape index (κ2) is 7.30. The van der Waals surface area contributed by atoms with Gasteiger partial charge in [0.05, 0.1) is 12.7 Å². The van der Waals surface area contributed by atoms with Crippen LogP contribution < -0.4 is 4.90 Å². The largest absolute Gasteiger partial charge is 0.388 e. The topological polar surface area (TPSA) is 32.7 Å². The monoisotopic (exact) mass is 237 g/mol. The average Bonchev–Trinajstić information content (AvgIpc) is 2.38. The van der Waals surface area contributed by atoms with Gasteiger partial charge in [0, 0.05) is 25.9 Å². The first-order valence-electron chi connectivity index (χ1n) is 6.26. The van der Waals surface area contributed by atoms with Crippen LogP contribution in [0.1, 0.15) is 31.9 Å². The molecule has 0 fully saturated rings. The summed E-state index contributed by atoms with van der Waals surface area (Å²) in [7, 11) is 2.05. The second-order valence-electron chi connectivity index (χ2n) is 4.13. The Morgan fingerprint density at radius 2 is 1.88 bits per heavy atom. The average molecular weight is 237 g/mol. The summed E-state index contributed by atoms with van der Waals surface area (Å²) >= 11 is 0. The fourth-order valence-corrected chi connectivity index (χ4v) is 1.66. The van der Waals surface area contributed by atoms with Gasteiger partial charge in [0.2, 0.25) is 0 Å². The third-order valence-electron chi connectivity index (χ3n) is 2.88. The Balaban J connectivity index is 2.54. The van der Waals surface area contributed by atoms with Crippen molar-refractivity contribution < 1.29 is 9.84 Å². The Kier molecular flexibility index (Phi) is 6.01. The van der Waals surface area contributed by atoms with Crippen LogP contribution in [0.3, 0.4) is 0 Å². The van der Waals surface area contributed by atoms with Crippen molar-refractivity contribution in [2.45, 2.75) is 26.4 Å². The van der Waals surface area contributed by atoms with Gasteiger partial charge in [-0.15, -0.1) is 0 Å². The number of hydrogen-bond donors (Lipinski definition) is 1. The minimum Gasteiger partial charge on any atom is -0.388 e. The van der Waals surface area contributed by atoms with E-state index in [1.807, 2.05) is 45.2 Å². The van der Waals surface area contributed by atoms with E-state index in [0.717, 1.165) is 37.4 Å². The number of nitrogens with zero attached hydrogens (tertiary/aromatic N) is 1. The third kappa shape index (κ3) is 4.36. The van der Waals surface area contributed by atoms with E-state index < -0.39 is 0 Å². The molecule has 0 heterocycles. The second-order valence-corrected chi connectivity index (χ2v) is 4.13. The van der Waals surface area contributed by atoms with Crippen LogP contribution in [0.15, 0.2) is 24.3 Å². The fourth-order valence-electron chi connectivity index (χ4n) is 1.66. The molecule has 17 heavy (non-hydrogen) atoms. The van der Waals surface area contributed by atoms with E-state index in [-0.39, 0.29) is 6.10 Å². The number of rotatable bonds is 7. The van der Waals surface area contributed by atoms with Gasteiger partial charge >= 0.3 is 0 Å². The highest BCUT2D eigenvalue weighted by Crippen LogP contribution is 2.20. The molecule has 0 bridgehead atoms. The summed E-state index contributed by atoms with van der Waals surface area (Å²) in [6.07, 6.45) is 0.400. The molecule has 1 atom stereocenters. The molecule has 1 aromatic rings. The number of ether oxygens (including phenoxy) is 1. The lowest BCUT2D eigenvalue weighted by molar-refractivity contribution is 0.154. The first-order valence-corrected chi connectivity index (χ1v) is 6.26. The molecule has 1 rings (SSSR count). The zero-order valence-electron chi connectivity index (χ0n) is 11.0. The van der Waals surface area contributed by atoms with E-state index in [9.17, 15) is 5.11 Å². The highest BCUT2D eigenvalue weighted by atomic mass is 16.5. The molecule has 0 saturated heterocycles. The van der Waals surface area contributed by atoms with Crippen molar-refractivity contribution in [1.82, 2.24) is 0 Å². The Morgan fingerprint density at radius 3 is 2.41 bits per heavy atom. The van der Waals surface area contributed by atoms with Crippen LogP contribution >= 0.6 is 0 Å². The summed E-state index contributed by atoms with van der Waals surface area (Å²) in [5, 5.41) is 9.70. The van der Waals surface area contributed by atoms with E-state index in [1.165, 1.54) is 0 Å². The maximum atomic E-state index is 9.70. The Labute approximate surface area is 104 Å². The lowest BCUT2D eigenvalue weighted by Crippen LogP contribution is -2.22. The molecule has 0 spiro atoms. The maximum Gasteiger partial charge on any atom is 0.0787 e. The predicted octanol–water partition coefficient (Wildman–Crippen LogP) is 2.60. The number of hydrogen-bond acceptors (Lipinski definition) is 3. The molecule has 1 N–H and O–H groups in total. The van der Waals surface area contributed by atoms with Gasteiger partial charge in [-0.1, -0.05) is 19.1 Å². The molecule has 96 valence electrons. The Bertz CT molecular complexity index is 311. The molecule has 3 nitrogen and oxygen atoms in total. The number of likely N-dealkylation sites (N-methyl/N-ethyl adjacent to an activating group) is 1. The smallest absolute Gasteiger partial charge is 0.0787 e. The Morgan fingerprint density at radius 1 is 1.24 bits per heavy atom. The van der Waals surface area contributed by atoms with Crippen molar-refractivity contribution in [2.24, 2.45) is 0 Å². The number of aliphatic hydroxyl groups excluding tert-OH is 1. The normalized spacial score (nSPS) is 12.5. The first kappa shape index (κ1) is 14.0. The molecule has 0 aromatic heterocycles. The number of benzene rings is 1. The minimum absolute atomic E-state index is 0.349. The van der Waals surface area contributed by atoms with Crippen LogP contribution in [0.2, 0.25) is 0 Å². The summed E-state index contributed by atoms with van der Waals surface area (Å²) in [4.78, 5) is 2.15. The summed E-state index contributed by atoms with van der Waals surface area (Å²) in [5.74, 6) is 0. The van der Waals surface area contributed by atoms with Crippen molar-refractivity contribution >= 4 is 5.69 Å². The molecule has 0 saturated carbocycles. The molecule has 0 aliphatic carbocycles. The third-order valence-corrected chi connectivity index (χ3v) is 2.88. The lowest BCUT2D eigenvalue weighted by atomic mass is 10.1. The van der Waals surface area contributed by atoms with Gasteiger partial charge in [-0.3, -0.25) is 0 Å². The highest BCUT2D eigenvalue weighted by Gasteiger charge is 2.05. The van der Waals surface area contributed by atoms with E-state index in [2.05, 4.69) is 4.90 Å². The molecule has 0 radical (unpaired) electrons. The summed E-state index contributed by atoms with van der Waals surface area (Å²) in [6.45, 7) is 6.36. The van der Waals surface area contributed by atoms with Gasteiger partial charge in [-0.2, -0.15) is 0 Å². The minimum atomic E-state index is -0.349. The van der Waals surface area contributed by atoms with Crippen molar-refractivity contribution in [3.05, 3.63) is 29.8 Å². The van der Waals surface area contributed by atoms with Gasteiger partial charge in [-0.05, 0) is 31.0 Å². The van der Waals surface area contributed by atoms with E-state index in [1.54, 1.807) is 0 Å². The Hall–Kier alpha value is -1.06. The summed E-state index contributed by atoms with van der Waals surface area (Å²) in [6, 6.07) is 8.06. The van der Waals surface area contributed by atoms with E-state index >= 15 is 0 Å². The molecule has 0 unspecified atom stereocenters. The molecule has 3 heteroatoms. The van der Waals surface area contributed by atoms with Gasteiger partial charge < -0.3 is 14.7 Å².